The molecule has 3 aromatic rings. The molecule has 0 aliphatic heterocycles. The van der Waals surface area contributed by atoms with Crippen molar-refractivity contribution >= 4 is 46.3 Å². The van der Waals surface area contributed by atoms with Crippen LogP contribution in [0, 0.1) is 0 Å². The Hall–Kier alpha value is -1.11. The van der Waals surface area contributed by atoms with Crippen molar-refractivity contribution in [3.63, 3.8) is 0 Å². The third-order valence-corrected chi connectivity index (χ3v) is 5.37. The molecule has 0 unspecified atom stereocenters. The van der Waals surface area contributed by atoms with Crippen LogP contribution in [0.15, 0.2) is 43.0 Å². The highest BCUT2D eigenvalue weighted by atomic mass is 35.5. The molecule has 0 bridgehead atoms. The van der Waals surface area contributed by atoms with Gasteiger partial charge < -0.3 is 9.30 Å². The van der Waals surface area contributed by atoms with Crippen molar-refractivity contribution in [1.82, 2.24) is 13.9 Å². The van der Waals surface area contributed by atoms with Gasteiger partial charge in [0.2, 0.25) is 0 Å². The van der Waals surface area contributed by atoms with Gasteiger partial charge in [0.25, 0.3) is 0 Å². The Kier molecular flexibility index (Phi) is 5.56. The maximum absolute atomic E-state index is 6.24. The molecule has 0 aliphatic carbocycles. The standard InChI is InChI=1S/C15H12Cl3N3OS/c16-11-3-1-10(2-4-11)8-22-12(7-21-6-5-19-9-21)14-13(17)15(18)20-23-14/h1-6,9,12H,7-8H2/t12-/m0/s1. The molecule has 0 saturated carbocycles. The molecule has 2 aromatic heterocycles. The van der Waals surface area contributed by atoms with Gasteiger partial charge in [-0.3, -0.25) is 0 Å². The van der Waals surface area contributed by atoms with Gasteiger partial charge in [-0.2, -0.15) is 4.37 Å². The fourth-order valence-electron chi connectivity index (χ4n) is 2.05. The number of benzene rings is 1. The highest BCUT2D eigenvalue weighted by Gasteiger charge is 2.21. The van der Waals surface area contributed by atoms with Crippen LogP contribution in [-0.4, -0.2) is 13.9 Å². The number of hydrogen-bond donors (Lipinski definition) is 0. The summed E-state index contributed by atoms with van der Waals surface area (Å²) in [6.07, 6.45) is 5.06. The number of nitrogens with zero attached hydrogens (tertiary/aromatic N) is 3. The van der Waals surface area contributed by atoms with Crippen LogP contribution in [0.3, 0.4) is 0 Å². The first kappa shape index (κ1) is 16.7. The van der Waals surface area contributed by atoms with Gasteiger partial charge in [-0.05, 0) is 29.2 Å². The first-order chi connectivity index (χ1) is 11.1. The third-order valence-electron chi connectivity index (χ3n) is 3.21. The molecule has 0 spiro atoms. The lowest BCUT2D eigenvalue weighted by Gasteiger charge is -2.17. The molecule has 0 N–H and O–H groups in total. The smallest absolute Gasteiger partial charge is 0.161 e. The van der Waals surface area contributed by atoms with Crippen LogP contribution in [0.2, 0.25) is 15.2 Å². The maximum Gasteiger partial charge on any atom is 0.161 e. The normalized spacial score (nSPS) is 12.5. The number of ether oxygens (including phenoxy) is 1. The molecule has 3 rings (SSSR count). The van der Waals surface area contributed by atoms with E-state index in [4.69, 9.17) is 39.5 Å². The fraction of sp³-hybridized carbons (Fsp3) is 0.200. The Bertz CT molecular complexity index is 759. The summed E-state index contributed by atoms with van der Waals surface area (Å²) in [5.74, 6) is 0. The van der Waals surface area contributed by atoms with E-state index in [0.717, 1.165) is 10.4 Å². The van der Waals surface area contributed by atoms with E-state index in [2.05, 4.69) is 9.36 Å². The van der Waals surface area contributed by atoms with Gasteiger partial charge in [-0.1, -0.05) is 46.9 Å². The molecule has 0 fully saturated rings. The van der Waals surface area contributed by atoms with E-state index in [9.17, 15) is 0 Å². The Morgan fingerprint density at radius 1 is 1.17 bits per heavy atom. The summed E-state index contributed by atoms with van der Waals surface area (Å²) < 4.78 is 12.1. The molecule has 4 nitrogen and oxygen atoms in total. The van der Waals surface area contributed by atoms with Gasteiger partial charge in [0.05, 0.1) is 29.4 Å². The number of halogens is 3. The zero-order valence-electron chi connectivity index (χ0n) is 11.8. The van der Waals surface area contributed by atoms with Gasteiger partial charge in [-0.25, -0.2) is 4.98 Å². The predicted molar refractivity (Wildman–Crippen MR) is 93.3 cm³/mol. The molecule has 0 amide bonds. The fourth-order valence-corrected chi connectivity index (χ4v) is 3.46. The summed E-state index contributed by atoms with van der Waals surface area (Å²) in [5, 5.41) is 1.44. The SMILES string of the molecule is Clc1ccc(CO[C@@H](Cn2ccnc2)c2snc(Cl)c2Cl)cc1. The molecule has 0 saturated heterocycles. The van der Waals surface area contributed by atoms with E-state index in [1.54, 1.807) is 12.5 Å². The van der Waals surface area contributed by atoms with Gasteiger partial charge in [-0.15, -0.1) is 0 Å². The summed E-state index contributed by atoms with van der Waals surface area (Å²) >= 11 is 19.4. The first-order valence-corrected chi connectivity index (χ1v) is 8.66. The monoisotopic (exact) mass is 387 g/mol. The van der Waals surface area contributed by atoms with Crippen LogP contribution >= 0.6 is 46.3 Å². The van der Waals surface area contributed by atoms with E-state index in [-0.39, 0.29) is 6.10 Å². The predicted octanol–water partition coefficient (Wildman–Crippen LogP) is 5.26. The molecular formula is C15H12Cl3N3OS. The highest BCUT2D eigenvalue weighted by molar-refractivity contribution is 7.07. The molecule has 2 heterocycles. The quantitative estimate of drug-likeness (QED) is 0.578. The van der Waals surface area contributed by atoms with Crippen molar-refractivity contribution in [3.8, 4) is 0 Å². The first-order valence-electron chi connectivity index (χ1n) is 6.76. The summed E-state index contributed by atoms with van der Waals surface area (Å²) in [7, 11) is 0. The van der Waals surface area contributed by atoms with E-state index in [0.29, 0.717) is 28.4 Å². The Balaban J connectivity index is 1.77. The lowest BCUT2D eigenvalue weighted by atomic mass is 10.2. The summed E-state index contributed by atoms with van der Waals surface area (Å²) in [4.78, 5) is 4.85. The summed E-state index contributed by atoms with van der Waals surface area (Å²) in [6.45, 7) is 1.01. The van der Waals surface area contributed by atoms with Crippen molar-refractivity contribution in [2.75, 3.05) is 0 Å². The van der Waals surface area contributed by atoms with Crippen LogP contribution in [0.5, 0.6) is 0 Å². The van der Waals surface area contributed by atoms with Gasteiger partial charge >= 0.3 is 0 Å². The lowest BCUT2D eigenvalue weighted by molar-refractivity contribution is 0.0304. The number of imidazole rings is 1. The number of hydrogen-bond acceptors (Lipinski definition) is 4. The Labute approximate surface area is 152 Å². The second-order valence-electron chi connectivity index (χ2n) is 4.84. The molecule has 0 aliphatic rings. The summed E-state index contributed by atoms with van der Waals surface area (Å²) in [5.41, 5.74) is 1.02. The number of aromatic nitrogens is 3. The van der Waals surface area contributed by atoms with Gasteiger partial charge in [0, 0.05) is 17.4 Å². The van der Waals surface area contributed by atoms with Crippen molar-refractivity contribution in [3.05, 3.63) is 68.6 Å². The van der Waals surface area contributed by atoms with Gasteiger partial charge in [0.15, 0.2) is 5.15 Å². The Morgan fingerprint density at radius 3 is 2.57 bits per heavy atom. The average Bonchev–Trinajstić information content (AvgIpc) is 3.17. The van der Waals surface area contributed by atoms with E-state index in [1.807, 2.05) is 35.0 Å². The van der Waals surface area contributed by atoms with Gasteiger partial charge in [0.1, 0.15) is 6.10 Å². The van der Waals surface area contributed by atoms with Crippen LogP contribution in [-0.2, 0) is 17.9 Å². The molecule has 1 aromatic carbocycles. The minimum atomic E-state index is -0.266. The van der Waals surface area contributed by atoms with Crippen LogP contribution < -0.4 is 0 Å². The topological polar surface area (TPSA) is 39.9 Å². The zero-order chi connectivity index (χ0) is 16.2. The van der Waals surface area contributed by atoms with E-state index < -0.39 is 0 Å². The lowest BCUT2D eigenvalue weighted by Crippen LogP contribution is -2.11. The minimum Gasteiger partial charge on any atom is -0.366 e. The van der Waals surface area contributed by atoms with Crippen LogP contribution in [0.4, 0.5) is 0 Å². The largest absolute Gasteiger partial charge is 0.366 e. The summed E-state index contributed by atoms with van der Waals surface area (Å²) in [6, 6.07) is 7.53. The van der Waals surface area contributed by atoms with Crippen molar-refractivity contribution in [2.24, 2.45) is 0 Å². The van der Waals surface area contributed by atoms with Crippen molar-refractivity contribution in [1.29, 1.82) is 0 Å². The minimum absolute atomic E-state index is 0.266. The molecular weight excluding hydrogens is 377 g/mol. The third kappa shape index (κ3) is 4.25. The number of rotatable bonds is 6. The maximum atomic E-state index is 6.24. The zero-order valence-corrected chi connectivity index (χ0v) is 14.9. The van der Waals surface area contributed by atoms with E-state index in [1.165, 1.54) is 11.5 Å². The second-order valence-corrected chi connectivity index (χ2v) is 6.81. The molecule has 1 atom stereocenters. The molecule has 120 valence electrons. The average molecular weight is 389 g/mol. The highest BCUT2D eigenvalue weighted by Crippen LogP contribution is 2.36. The van der Waals surface area contributed by atoms with Crippen LogP contribution in [0.1, 0.15) is 16.5 Å². The van der Waals surface area contributed by atoms with Crippen LogP contribution in [0.25, 0.3) is 0 Å². The molecule has 0 radical (unpaired) electrons. The second kappa shape index (κ2) is 7.64. The van der Waals surface area contributed by atoms with Crippen molar-refractivity contribution < 1.29 is 4.74 Å². The van der Waals surface area contributed by atoms with Crippen molar-refractivity contribution in [2.45, 2.75) is 19.3 Å². The van der Waals surface area contributed by atoms with E-state index >= 15 is 0 Å². The Morgan fingerprint density at radius 2 is 1.96 bits per heavy atom. The molecule has 23 heavy (non-hydrogen) atoms. The molecule has 8 heteroatoms.